The topological polar surface area (TPSA) is 75.4 Å². The van der Waals surface area contributed by atoms with Crippen LogP contribution in [0.15, 0.2) is 36.5 Å². The fourth-order valence-corrected chi connectivity index (χ4v) is 2.93. The normalized spacial score (nSPS) is 17.7. The van der Waals surface area contributed by atoms with E-state index in [0.29, 0.717) is 24.1 Å². The summed E-state index contributed by atoms with van der Waals surface area (Å²) in [6, 6.07) is 5.50. The lowest BCUT2D eigenvalue weighted by Crippen LogP contribution is -2.40. The van der Waals surface area contributed by atoms with Crippen molar-refractivity contribution in [1.29, 1.82) is 0 Å². The molecule has 1 aromatic heterocycles. The van der Waals surface area contributed by atoms with Gasteiger partial charge in [0.25, 0.3) is 5.91 Å². The van der Waals surface area contributed by atoms with Gasteiger partial charge >= 0.3 is 12.1 Å². The minimum absolute atomic E-state index is 0.0780. The quantitative estimate of drug-likeness (QED) is 0.920. The molecule has 1 aliphatic rings. The van der Waals surface area contributed by atoms with Gasteiger partial charge in [0.05, 0.1) is 11.9 Å². The summed E-state index contributed by atoms with van der Waals surface area (Å²) in [7, 11) is 0. The van der Waals surface area contributed by atoms with Crippen LogP contribution < -0.4 is 0 Å². The van der Waals surface area contributed by atoms with Crippen LogP contribution in [0, 0.1) is 0 Å². The van der Waals surface area contributed by atoms with Gasteiger partial charge in [0.2, 0.25) is 0 Å². The van der Waals surface area contributed by atoms with E-state index >= 15 is 0 Å². The van der Waals surface area contributed by atoms with Crippen LogP contribution in [0.5, 0.6) is 0 Å². The Morgan fingerprint density at radius 3 is 2.68 bits per heavy atom. The van der Waals surface area contributed by atoms with Gasteiger partial charge in [-0.15, -0.1) is 0 Å². The van der Waals surface area contributed by atoms with E-state index in [1.807, 2.05) is 0 Å². The first-order valence-corrected chi connectivity index (χ1v) is 7.54. The monoisotopic (exact) mass is 353 g/mol. The number of carbonyl (C=O) groups is 2. The van der Waals surface area contributed by atoms with Crippen molar-refractivity contribution >= 4 is 11.9 Å². The molecule has 1 aromatic carbocycles. The number of carboxylic acid groups (broad SMARTS) is 1. The molecule has 0 spiro atoms. The lowest BCUT2D eigenvalue weighted by atomic mass is 10.1. The molecule has 0 aliphatic carbocycles. The third-order valence-electron chi connectivity index (χ3n) is 4.07. The average Bonchev–Trinajstić information content (AvgIpc) is 3.23. The summed E-state index contributed by atoms with van der Waals surface area (Å²) in [5, 5.41) is 12.8. The minimum Gasteiger partial charge on any atom is -0.480 e. The zero-order valence-corrected chi connectivity index (χ0v) is 12.9. The molecule has 0 radical (unpaired) electrons. The molecule has 0 bridgehead atoms. The van der Waals surface area contributed by atoms with E-state index in [4.69, 9.17) is 0 Å². The van der Waals surface area contributed by atoms with Crippen molar-refractivity contribution in [2.75, 3.05) is 6.54 Å². The van der Waals surface area contributed by atoms with Gasteiger partial charge in [-0.3, -0.25) is 4.79 Å². The molecular formula is C16H14F3N3O3. The van der Waals surface area contributed by atoms with Crippen LogP contribution in [0.2, 0.25) is 0 Å². The van der Waals surface area contributed by atoms with Gasteiger partial charge in [-0.05, 0) is 37.1 Å². The maximum absolute atomic E-state index is 13.0. The van der Waals surface area contributed by atoms with Crippen molar-refractivity contribution < 1.29 is 27.9 Å². The van der Waals surface area contributed by atoms with Gasteiger partial charge in [-0.2, -0.15) is 18.3 Å². The van der Waals surface area contributed by atoms with Crippen LogP contribution in [-0.4, -0.2) is 44.3 Å². The number of alkyl halides is 3. The molecule has 1 atom stereocenters. The van der Waals surface area contributed by atoms with Crippen LogP contribution in [0.1, 0.15) is 28.9 Å². The number of hydrogen-bond donors (Lipinski definition) is 1. The fourth-order valence-electron chi connectivity index (χ4n) is 2.93. The van der Waals surface area contributed by atoms with E-state index in [0.717, 1.165) is 12.3 Å². The number of amides is 1. The molecule has 1 unspecified atom stereocenters. The highest BCUT2D eigenvalue weighted by Gasteiger charge is 2.36. The standard InChI is InChI=1S/C16H14F3N3O3/c17-16(18,19)13-6-7-20-22(13)11-4-1-3-10(9-11)14(23)21-8-2-5-12(21)15(24)25/h1,3-4,6-7,9,12H,2,5,8H2,(H,24,25). The first kappa shape index (κ1) is 17.0. The van der Waals surface area contributed by atoms with Gasteiger partial charge in [0.15, 0.2) is 0 Å². The zero-order valence-electron chi connectivity index (χ0n) is 12.9. The van der Waals surface area contributed by atoms with Crippen molar-refractivity contribution in [3.63, 3.8) is 0 Å². The van der Waals surface area contributed by atoms with Gasteiger partial charge in [-0.25, -0.2) is 9.48 Å². The Balaban J connectivity index is 1.94. The van der Waals surface area contributed by atoms with Crippen LogP contribution in [-0.2, 0) is 11.0 Å². The lowest BCUT2D eigenvalue weighted by Gasteiger charge is -2.21. The number of aliphatic carboxylic acids is 1. The van der Waals surface area contributed by atoms with Crippen LogP contribution in [0.3, 0.4) is 0 Å². The molecule has 9 heteroatoms. The molecule has 2 heterocycles. The molecule has 25 heavy (non-hydrogen) atoms. The lowest BCUT2D eigenvalue weighted by molar-refractivity contribution is -0.143. The molecular weight excluding hydrogens is 339 g/mol. The van der Waals surface area contributed by atoms with E-state index in [2.05, 4.69) is 5.10 Å². The van der Waals surface area contributed by atoms with Crippen molar-refractivity contribution in [3.05, 3.63) is 47.8 Å². The Labute approximate surface area is 140 Å². The van der Waals surface area contributed by atoms with Crippen LogP contribution in [0.25, 0.3) is 5.69 Å². The maximum Gasteiger partial charge on any atom is 0.433 e. The number of likely N-dealkylation sites (tertiary alicyclic amines) is 1. The molecule has 1 fully saturated rings. The fraction of sp³-hybridized carbons (Fsp3) is 0.312. The Hall–Kier alpha value is -2.84. The maximum atomic E-state index is 13.0. The van der Waals surface area contributed by atoms with E-state index in [1.165, 1.54) is 29.2 Å². The minimum atomic E-state index is -4.58. The number of halogens is 3. The van der Waals surface area contributed by atoms with Crippen molar-refractivity contribution in [2.45, 2.75) is 25.1 Å². The van der Waals surface area contributed by atoms with E-state index < -0.39 is 29.8 Å². The first-order chi connectivity index (χ1) is 11.8. The smallest absolute Gasteiger partial charge is 0.433 e. The Kier molecular flexibility index (Phi) is 4.23. The summed E-state index contributed by atoms with van der Waals surface area (Å²) >= 11 is 0. The number of carbonyl (C=O) groups excluding carboxylic acids is 1. The average molecular weight is 353 g/mol. The third-order valence-corrected chi connectivity index (χ3v) is 4.07. The van der Waals surface area contributed by atoms with E-state index in [-0.39, 0.29) is 11.3 Å². The number of benzene rings is 1. The second-order valence-electron chi connectivity index (χ2n) is 5.67. The molecule has 1 amide bonds. The number of carboxylic acids is 1. The summed E-state index contributed by atoms with van der Waals surface area (Å²) in [6.45, 7) is 0.301. The predicted molar refractivity (Wildman–Crippen MR) is 80.3 cm³/mol. The Bertz CT molecular complexity index is 816. The summed E-state index contributed by atoms with van der Waals surface area (Å²) in [6.07, 6.45) is -2.63. The second kappa shape index (κ2) is 6.23. The van der Waals surface area contributed by atoms with Crippen molar-refractivity contribution in [3.8, 4) is 5.69 Å². The summed E-state index contributed by atoms with van der Waals surface area (Å²) in [5.74, 6) is -1.61. The van der Waals surface area contributed by atoms with E-state index in [1.54, 1.807) is 0 Å². The molecule has 2 aromatic rings. The molecule has 3 rings (SSSR count). The highest BCUT2D eigenvalue weighted by Crippen LogP contribution is 2.31. The Morgan fingerprint density at radius 2 is 2.00 bits per heavy atom. The number of rotatable bonds is 3. The molecule has 6 nitrogen and oxygen atoms in total. The van der Waals surface area contributed by atoms with Crippen molar-refractivity contribution in [1.82, 2.24) is 14.7 Å². The summed E-state index contributed by atoms with van der Waals surface area (Å²) < 4.78 is 39.7. The van der Waals surface area contributed by atoms with Gasteiger partial charge in [0, 0.05) is 12.1 Å². The van der Waals surface area contributed by atoms with Gasteiger partial charge < -0.3 is 10.0 Å². The predicted octanol–water partition coefficient (Wildman–Crippen LogP) is 2.58. The molecule has 0 saturated carbocycles. The van der Waals surface area contributed by atoms with Gasteiger partial charge in [-0.1, -0.05) is 6.07 Å². The van der Waals surface area contributed by atoms with Crippen LogP contribution >= 0.6 is 0 Å². The summed E-state index contributed by atoms with van der Waals surface area (Å²) in [5.41, 5.74) is -0.759. The number of hydrogen-bond acceptors (Lipinski definition) is 3. The number of nitrogens with zero attached hydrogens (tertiary/aromatic N) is 3. The van der Waals surface area contributed by atoms with E-state index in [9.17, 15) is 27.9 Å². The second-order valence-corrected chi connectivity index (χ2v) is 5.67. The molecule has 1 N–H and O–H groups in total. The molecule has 1 saturated heterocycles. The largest absolute Gasteiger partial charge is 0.480 e. The molecule has 1 aliphatic heterocycles. The van der Waals surface area contributed by atoms with Crippen molar-refractivity contribution in [2.24, 2.45) is 0 Å². The first-order valence-electron chi connectivity index (χ1n) is 7.54. The molecule has 132 valence electrons. The zero-order chi connectivity index (χ0) is 18.2. The Morgan fingerprint density at radius 1 is 1.24 bits per heavy atom. The van der Waals surface area contributed by atoms with Gasteiger partial charge in [0.1, 0.15) is 11.7 Å². The SMILES string of the molecule is O=C(O)C1CCCN1C(=O)c1cccc(-n2nccc2C(F)(F)F)c1. The third kappa shape index (κ3) is 3.21. The van der Waals surface area contributed by atoms with Crippen LogP contribution in [0.4, 0.5) is 13.2 Å². The summed E-state index contributed by atoms with van der Waals surface area (Å²) in [4.78, 5) is 25.0. The highest BCUT2D eigenvalue weighted by atomic mass is 19.4. The number of aromatic nitrogens is 2. The highest BCUT2D eigenvalue weighted by molar-refractivity contribution is 5.97.